The van der Waals surface area contributed by atoms with Crippen molar-refractivity contribution in [1.29, 1.82) is 0 Å². The van der Waals surface area contributed by atoms with Crippen molar-refractivity contribution in [2.45, 2.75) is 56.7 Å². The van der Waals surface area contributed by atoms with Gasteiger partial charge < -0.3 is 15.2 Å². The van der Waals surface area contributed by atoms with Crippen LogP contribution in [0.5, 0.6) is 0 Å². The lowest BCUT2D eigenvalue weighted by atomic mass is 9.89. The molecule has 0 atom stereocenters. The van der Waals surface area contributed by atoms with E-state index in [1.165, 1.54) is 18.2 Å². The van der Waals surface area contributed by atoms with Gasteiger partial charge in [0.15, 0.2) is 0 Å². The van der Waals surface area contributed by atoms with E-state index in [0.29, 0.717) is 29.4 Å². The van der Waals surface area contributed by atoms with E-state index in [1.807, 2.05) is 13.8 Å². The molecule has 0 unspecified atom stereocenters. The number of carbonyl (C=O) groups is 2. The van der Waals surface area contributed by atoms with E-state index >= 15 is 0 Å². The van der Waals surface area contributed by atoms with Crippen LogP contribution < -0.4 is 10.6 Å². The third-order valence-electron chi connectivity index (χ3n) is 5.24. The molecule has 0 aliphatic heterocycles. The first-order valence-corrected chi connectivity index (χ1v) is 11.1. The number of rotatable bonds is 8. The van der Waals surface area contributed by atoms with E-state index in [4.69, 9.17) is 4.52 Å². The Kier molecular flexibility index (Phi) is 7.69. The maximum Gasteiger partial charge on any atom is 0.254 e. The lowest BCUT2D eigenvalue weighted by molar-refractivity contribution is -0.125. The second-order valence-corrected chi connectivity index (χ2v) is 8.29. The molecule has 1 aliphatic carbocycles. The molecule has 2 amide bonds. The van der Waals surface area contributed by atoms with E-state index in [1.54, 1.807) is 18.3 Å². The lowest BCUT2D eigenvalue weighted by Gasteiger charge is -2.20. The number of aromatic nitrogens is 2. The van der Waals surface area contributed by atoms with E-state index in [-0.39, 0.29) is 17.7 Å². The number of carbonyl (C=O) groups excluding carboxylic acids is 2. The average Bonchev–Trinajstić information content (AvgIpc) is 3.07. The van der Waals surface area contributed by atoms with Gasteiger partial charge in [0.1, 0.15) is 10.8 Å². The van der Waals surface area contributed by atoms with Crippen molar-refractivity contribution in [3.63, 3.8) is 0 Å². The van der Waals surface area contributed by atoms with Gasteiger partial charge in [0.25, 0.3) is 5.91 Å². The zero-order chi connectivity index (χ0) is 20.6. The monoisotopic (exact) mass is 416 g/mol. The second-order valence-electron chi connectivity index (χ2n) is 7.33. The number of thioether (sulfide) groups is 1. The molecule has 0 spiro atoms. The van der Waals surface area contributed by atoms with Crippen molar-refractivity contribution in [3.8, 4) is 0 Å². The minimum absolute atomic E-state index is 0.107. The molecule has 0 radical (unpaired) electrons. The molecular weight excluding hydrogens is 388 g/mol. The van der Waals surface area contributed by atoms with Crippen molar-refractivity contribution >= 4 is 23.6 Å². The van der Waals surface area contributed by atoms with Crippen LogP contribution in [0.2, 0.25) is 0 Å². The standard InChI is InChI=1S/C21H28N4O3S/c1-14-18(15(2)28-25-14)13-29-21-17(9-6-10-24-21)20(27)23-12-11-22-19(26)16-7-4-3-5-8-16/h6,9-10,16H,3-5,7-8,11-13H2,1-2H3,(H,22,26)(H,23,27). The number of aryl methyl sites for hydroxylation is 2. The van der Waals surface area contributed by atoms with Crippen molar-refractivity contribution in [1.82, 2.24) is 20.8 Å². The zero-order valence-corrected chi connectivity index (χ0v) is 17.8. The van der Waals surface area contributed by atoms with Gasteiger partial charge in [-0.1, -0.05) is 24.4 Å². The first-order chi connectivity index (χ1) is 14.1. The number of nitrogens with zero attached hydrogens (tertiary/aromatic N) is 2. The SMILES string of the molecule is Cc1noc(C)c1CSc1ncccc1C(=O)NCCNC(=O)C1CCCCC1. The number of nitrogens with one attached hydrogen (secondary N) is 2. The van der Waals surface area contributed by atoms with Gasteiger partial charge >= 0.3 is 0 Å². The third kappa shape index (κ3) is 5.82. The van der Waals surface area contributed by atoms with Gasteiger partial charge in [-0.2, -0.15) is 0 Å². The van der Waals surface area contributed by atoms with E-state index in [0.717, 1.165) is 42.7 Å². The Balaban J connectivity index is 1.48. The van der Waals surface area contributed by atoms with Crippen LogP contribution in [0.3, 0.4) is 0 Å². The number of hydrogen-bond acceptors (Lipinski definition) is 6. The highest BCUT2D eigenvalue weighted by Gasteiger charge is 2.20. The summed E-state index contributed by atoms with van der Waals surface area (Å²) in [5, 5.41) is 10.4. The molecular formula is C21H28N4O3S. The quantitative estimate of drug-likeness (QED) is 0.506. The summed E-state index contributed by atoms with van der Waals surface area (Å²) in [7, 11) is 0. The molecule has 1 aliphatic rings. The average molecular weight is 417 g/mol. The summed E-state index contributed by atoms with van der Waals surface area (Å²) in [6, 6.07) is 3.51. The molecule has 156 valence electrons. The molecule has 1 saturated carbocycles. The summed E-state index contributed by atoms with van der Waals surface area (Å²) in [6.45, 7) is 4.60. The Morgan fingerprint density at radius 2 is 1.93 bits per heavy atom. The van der Waals surface area contributed by atoms with Crippen molar-refractivity contribution in [2.24, 2.45) is 5.92 Å². The van der Waals surface area contributed by atoms with Crippen LogP contribution in [0, 0.1) is 19.8 Å². The normalized spacial score (nSPS) is 14.6. The molecule has 3 rings (SSSR count). The molecule has 8 heteroatoms. The van der Waals surface area contributed by atoms with Crippen LogP contribution in [-0.4, -0.2) is 35.0 Å². The van der Waals surface area contributed by atoms with E-state index < -0.39 is 0 Å². The van der Waals surface area contributed by atoms with Crippen LogP contribution in [0.1, 0.15) is 59.5 Å². The predicted molar refractivity (Wildman–Crippen MR) is 112 cm³/mol. The van der Waals surface area contributed by atoms with Gasteiger partial charge in [-0.25, -0.2) is 4.98 Å². The van der Waals surface area contributed by atoms with Crippen molar-refractivity contribution in [2.75, 3.05) is 13.1 Å². The molecule has 2 heterocycles. The van der Waals surface area contributed by atoms with Crippen molar-refractivity contribution < 1.29 is 14.1 Å². The lowest BCUT2D eigenvalue weighted by Crippen LogP contribution is -2.38. The second kappa shape index (κ2) is 10.4. The zero-order valence-electron chi connectivity index (χ0n) is 17.0. The summed E-state index contributed by atoms with van der Waals surface area (Å²) in [5.74, 6) is 1.47. The molecule has 2 aromatic rings. The van der Waals surface area contributed by atoms with E-state index in [9.17, 15) is 9.59 Å². The summed E-state index contributed by atoms with van der Waals surface area (Å²) in [5.41, 5.74) is 2.41. The fourth-order valence-corrected chi connectivity index (χ4v) is 4.64. The topological polar surface area (TPSA) is 97.1 Å². The van der Waals surface area contributed by atoms with Crippen LogP contribution in [0.25, 0.3) is 0 Å². The number of hydrogen-bond donors (Lipinski definition) is 2. The molecule has 0 aromatic carbocycles. The molecule has 2 aromatic heterocycles. The Hall–Kier alpha value is -2.35. The minimum atomic E-state index is -0.189. The number of pyridine rings is 1. The van der Waals surface area contributed by atoms with Crippen LogP contribution in [0.4, 0.5) is 0 Å². The third-order valence-corrected chi connectivity index (χ3v) is 6.27. The smallest absolute Gasteiger partial charge is 0.254 e. The van der Waals surface area contributed by atoms with Crippen molar-refractivity contribution in [3.05, 3.63) is 40.9 Å². The fraction of sp³-hybridized carbons (Fsp3) is 0.524. The van der Waals surface area contributed by atoms with E-state index in [2.05, 4.69) is 20.8 Å². The summed E-state index contributed by atoms with van der Waals surface area (Å²) >= 11 is 1.48. The van der Waals surface area contributed by atoms with Gasteiger partial charge in [0.2, 0.25) is 5.91 Å². The fourth-order valence-electron chi connectivity index (χ4n) is 3.49. The Bertz CT molecular complexity index is 827. The number of amides is 2. The molecule has 0 bridgehead atoms. The maximum absolute atomic E-state index is 12.6. The Morgan fingerprint density at radius 3 is 2.66 bits per heavy atom. The molecule has 7 nitrogen and oxygen atoms in total. The van der Waals surface area contributed by atoms with Gasteiger partial charge in [-0.3, -0.25) is 9.59 Å². The Labute approximate surface area is 175 Å². The van der Waals surface area contributed by atoms with Crippen LogP contribution in [-0.2, 0) is 10.5 Å². The minimum Gasteiger partial charge on any atom is -0.361 e. The van der Waals surface area contributed by atoms with Gasteiger partial charge in [-0.05, 0) is 38.8 Å². The van der Waals surface area contributed by atoms with Gasteiger partial charge in [0, 0.05) is 36.5 Å². The first-order valence-electron chi connectivity index (χ1n) is 10.1. The molecule has 29 heavy (non-hydrogen) atoms. The highest BCUT2D eigenvalue weighted by Crippen LogP contribution is 2.27. The molecule has 2 N–H and O–H groups in total. The van der Waals surface area contributed by atoms with Crippen LogP contribution >= 0.6 is 11.8 Å². The summed E-state index contributed by atoms with van der Waals surface area (Å²) in [4.78, 5) is 29.1. The summed E-state index contributed by atoms with van der Waals surface area (Å²) < 4.78 is 5.19. The molecule has 1 fully saturated rings. The summed E-state index contributed by atoms with van der Waals surface area (Å²) in [6.07, 6.45) is 7.10. The Morgan fingerprint density at radius 1 is 1.17 bits per heavy atom. The van der Waals surface area contributed by atoms with Gasteiger partial charge in [-0.15, -0.1) is 11.8 Å². The molecule has 0 saturated heterocycles. The predicted octanol–water partition coefficient (Wildman–Crippen LogP) is 3.41. The maximum atomic E-state index is 12.6. The highest BCUT2D eigenvalue weighted by molar-refractivity contribution is 7.98. The van der Waals surface area contributed by atoms with Gasteiger partial charge in [0.05, 0.1) is 11.3 Å². The highest BCUT2D eigenvalue weighted by atomic mass is 32.2. The van der Waals surface area contributed by atoms with Crippen LogP contribution in [0.15, 0.2) is 27.9 Å². The largest absolute Gasteiger partial charge is 0.361 e. The first kappa shape index (κ1) is 21.4.